The van der Waals surface area contributed by atoms with Crippen LogP contribution in [0, 0.1) is 0 Å². The second-order valence-corrected chi connectivity index (χ2v) is 2.36. The standard InChI is InChI=1S/C6H6O.C5H5N.H2O/c7-6-4-2-1-3-5-6;1-2-4-6-5-3-1;/h1-5,7H;1-5H;1H2. The van der Waals surface area contributed by atoms with E-state index in [0.29, 0.717) is 5.75 Å². The number of phenolic OH excluding ortho intramolecular Hbond substituents is 1. The normalized spacial score (nSPS) is 7.71. The average molecular weight is 191 g/mol. The van der Waals surface area contributed by atoms with E-state index in [2.05, 4.69) is 4.98 Å². The van der Waals surface area contributed by atoms with Crippen molar-refractivity contribution in [3.05, 3.63) is 60.9 Å². The minimum atomic E-state index is 0. The quantitative estimate of drug-likeness (QED) is 0.688. The summed E-state index contributed by atoms with van der Waals surface area (Å²) in [6, 6.07) is 14.4. The fourth-order valence-electron chi connectivity index (χ4n) is 0.741. The van der Waals surface area contributed by atoms with Gasteiger partial charge in [-0.3, -0.25) is 4.98 Å². The molecule has 0 aliphatic heterocycles. The van der Waals surface area contributed by atoms with Gasteiger partial charge in [-0.25, -0.2) is 0 Å². The first kappa shape index (κ1) is 12.1. The minimum Gasteiger partial charge on any atom is -0.508 e. The number of para-hydroxylation sites is 1. The zero-order chi connectivity index (χ0) is 9.36. The molecule has 0 spiro atoms. The number of rotatable bonds is 0. The molecular weight excluding hydrogens is 178 g/mol. The lowest BCUT2D eigenvalue weighted by Crippen LogP contribution is -1.58. The maximum atomic E-state index is 8.63. The van der Waals surface area contributed by atoms with Crippen LogP contribution in [0.25, 0.3) is 0 Å². The Labute approximate surface area is 83.0 Å². The summed E-state index contributed by atoms with van der Waals surface area (Å²) >= 11 is 0. The summed E-state index contributed by atoms with van der Waals surface area (Å²) in [4.78, 5) is 3.78. The lowest BCUT2D eigenvalue weighted by molar-refractivity contribution is 0.475. The number of aromatic hydroxyl groups is 1. The van der Waals surface area contributed by atoms with Gasteiger partial charge in [-0.2, -0.15) is 0 Å². The maximum Gasteiger partial charge on any atom is 0.115 e. The van der Waals surface area contributed by atoms with Crippen LogP contribution in [0.1, 0.15) is 0 Å². The Morgan fingerprint density at radius 2 is 1.29 bits per heavy atom. The van der Waals surface area contributed by atoms with Gasteiger partial charge in [0.2, 0.25) is 0 Å². The van der Waals surface area contributed by atoms with Crippen molar-refractivity contribution in [2.75, 3.05) is 0 Å². The Morgan fingerprint density at radius 1 is 0.786 bits per heavy atom. The number of hydrogen-bond donors (Lipinski definition) is 1. The van der Waals surface area contributed by atoms with Crippen molar-refractivity contribution in [1.82, 2.24) is 4.98 Å². The fourth-order valence-corrected chi connectivity index (χ4v) is 0.741. The van der Waals surface area contributed by atoms with Crippen LogP contribution in [-0.4, -0.2) is 15.6 Å². The van der Waals surface area contributed by atoms with Crippen molar-refractivity contribution < 1.29 is 10.6 Å². The first-order valence-corrected chi connectivity index (χ1v) is 3.98. The van der Waals surface area contributed by atoms with Gasteiger partial charge in [0.05, 0.1) is 0 Å². The maximum absolute atomic E-state index is 8.63. The number of aromatic nitrogens is 1. The van der Waals surface area contributed by atoms with Crippen LogP contribution >= 0.6 is 0 Å². The molecular formula is C11H13NO2. The molecule has 0 saturated heterocycles. The van der Waals surface area contributed by atoms with Gasteiger partial charge in [-0.05, 0) is 24.3 Å². The highest BCUT2D eigenvalue weighted by Gasteiger charge is 1.74. The van der Waals surface area contributed by atoms with E-state index in [0.717, 1.165) is 0 Å². The molecule has 1 heterocycles. The molecule has 3 N–H and O–H groups in total. The number of nitrogens with zero attached hydrogens (tertiary/aromatic N) is 1. The van der Waals surface area contributed by atoms with Gasteiger partial charge < -0.3 is 10.6 Å². The summed E-state index contributed by atoms with van der Waals surface area (Å²) in [6.45, 7) is 0. The van der Waals surface area contributed by atoms with Gasteiger partial charge in [0.1, 0.15) is 5.75 Å². The van der Waals surface area contributed by atoms with E-state index in [1.807, 2.05) is 24.3 Å². The molecule has 0 unspecified atom stereocenters. The third-order valence-electron chi connectivity index (χ3n) is 1.32. The SMILES string of the molecule is O.Oc1ccccc1.c1ccncc1. The van der Waals surface area contributed by atoms with Crippen LogP contribution in [0.15, 0.2) is 60.9 Å². The van der Waals surface area contributed by atoms with E-state index >= 15 is 0 Å². The molecule has 3 heteroatoms. The predicted molar refractivity (Wildman–Crippen MR) is 56.0 cm³/mol. The molecule has 1 aromatic heterocycles. The van der Waals surface area contributed by atoms with Crippen LogP contribution in [-0.2, 0) is 0 Å². The molecule has 0 saturated carbocycles. The molecule has 2 aromatic rings. The first-order chi connectivity index (χ1) is 6.39. The molecule has 0 atom stereocenters. The highest BCUT2D eigenvalue weighted by molar-refractivity contribution is 5.18. The number of hydrogen-bond acceptors (Lipinski definition) is 2. The number of phenols is 1. The monoisotopic (exact) mass is 191 g/mol. The Balaban J connectivity index is 0.000000227. The lowest BCUT2D eigenvalue weighted by Gasteiger charge is -1.82. The predicted octanol–water partition coefficient (Wildman–Crippen LogP) is 1.65. The zero-order valence-electron chi connectivity index (χ0n) is 7.67. The summed E-state index contributed by atoms with van der Waals surface area (Å²) < 4.78 is 0. The molecule has 74 valence electrons. The molecule has 0 amide bonds. The summed E-state index contributed by atoms with van der Waals surface area (Å²) in [5.74, 6) is 0.322. The van der Waals surface area contributed by atoms with Gasteiger partial charge in [-0.1, -0.05) is 24.3 Å². The van der Waals surface area contributed by atoms with Gasteiger partial charge in [0, 0.05) is 12.4 Å². The number of benzene rings is 1. The third-order valence-corrected chi connectivity index (χ3v) is 1.32. The smallest absolute Gasteiger partial charge is 0.115 e. The Kier molecular flexibility index (Phi) is 6.73. The summed E-state index contributed by atoms with van der Waals surface area (Å²) in [5, 5.41) is 8.63. The Hall–Kier alpha value is -1.87. The van der Waals surface area contributed by atoms with Crippen molar-refractivity contribution in [3.8, 4) is 5.75 Å². The van der Waals surface area contributed by atoms with E-state index in [1.165, 1.54) is 0 Å². The molecule has 2 rings (SSSR count). The first-order valence-electron chi connectivity index (χ1n) is 3.98. The van der Waals surface area contributed by atoms with Crippen LogP contribution < -0.4 is 0 Å². The van der Waals surface area contributed by atoms with Crippen LogP contribution in [0.3, 0.4) is 0 Å². The molecule has 1 aromatic carbocycles. The van der Waals surface area contributed by atoms with Crippen LogP contribution in [0.4, 0.5) is 0 Å². The molecule has 0 aliphatic rings. The molecule has 14 heavy (non-hydrogen) atoms. The topological polar surface area (TPSA) is 64.6 Å². The van der Waals surface area contributed by atoms with Gasteiger partial charge in [-0.15, -0.1) is 0 Å². The van der Waals surface area contributed by atoms with E-state index in [-0.39, 0.29) is 5.48 Å². The molecule has 0 fully saturated rings. The summed E-state index contributed by atoms with van der Waals surface area (Å²) in [7, 11) is 0. The van der Waals surface area contributed by atoms with Gasteiger partial charge in [0.15, 0.2) is 0 Å². The molecule has 3 nitrogen and oxygen atoms in total. The average Bonchev–Trinajstić information content (AvgIpc) is 2.22. The van der Waals surface area contributed by atoms with Crippen molar-refractivity contribution in [1.29, 1.82) is 0 Å². The molecule has 0 aliphatic carbocycles. The highest BCUT2D eigenvalue weighted by atomic mass is 16.3. The summed E-state index contributed by atoms with van der Waals surface area (Å²) in [5.41, 5.74) is 0. The zero-order valence-corrected chi connectivity index (χ0v) is 7.67. The number of pyridine rings is 1. The fraction of sp³-hybridized carbons (Fsp3) is 0. The van der Waals surface area contributed by atoms with E-state index in [1.54, 1.807) is 36.7 Å². The summed E-state index contributed by atoms with van der Waals surface area (Å²) in [6.07, 6.45) is 3.50. The van der Waals surface area contributed by atoms with Crippen LogP contribution in [0.5, 0.6) is 5.75 Å². The van der Waals surface area contributed by atoms with Gasteiger partial charge in [0.25, 0.3) is 0 Å². The van der Waals surface area contributed by atoms with Crippen molar-refractivity contribution in [2.45, 2.75) is 0 Å². The second-order valence-electron chi connectivity index (χ2n) is 2.36. The largest absolute Gasteiger partial charge is 0.508 e. The van der Waals surface area contributed by atoms with E-state index in [9.17, 15) is 0 Å². The van der Waals surface area contributed by atoms with Crippen LogP contribution in [0.2, 0.25) is 0 Å². The van der Waals surface area contributed by atoms with Crippen molar-refractivity contribution in [3.63, 3.8) is 0 Å². The van der Waals surface area contributed by atoms with Gasteiger partial charge >= 0.3 is 0 Å². The van der Waals surface area contributed by atoms with Crippen molar-refractivity contribution >= 4 is 0 Å². The molecule has 0 bridgehead atoms. The van der Waals surface area contributed by atoms with Crippen molar-refractivity contribution in [2.24, 2.45) is 0 Å². The van der Waals surface area contributed by atoms with E-state index in [4.69, 9.17) is 5.11 Å². The second kappa shape index (κ2) is 7.76. The Bertz CT molecular complexity index is 284. The minimum absolute atomic E-state index is 0. The lowest BCUT2D eigenvalue weighted by atomic mass is 10.3. The third kappa shape index (κ3) is 5.74. The van der Waals surface area contributed by atoms with E-state index < -0.39 is 0 Å². The molecule has 0 radical (unpaired) electrons. The highest BCUT2D eigenvalue weighted by Crippen LogP contribution is 2.02. The Morgan fingerprint density at radius 3 is 1.50 bits per heavy atom.